The van der Waals surface area contributed by atoms with E-state index in [1.807, 2.05) is 30.3 Å². The molecule has 0 bridgehead atoms. The molecular weight excluding hydrogens is 550 g/mol. The van der Waals surface area contributed by atoms with Crippen LogP contribution in [0.15, 0.2) is 95.9 Å². The highest BCUT2D eigenvalue weighted by Gasteiger charge is 2.27. The van der Waals surface area contributed by atoms with E-state index in [2.05, 4.69) is 10.3 Å². The maximum atomic E-state index is 13.6. The van der Waals surface area contributed by atoms with Gasteiger partial charge in [-0.1, -0.05) is 48.5 Å². The standard InChI is InChI=1S/C33H31N3O7/c1-42-28-18-23(11-13-27(28)43-20-22-7-3-2-4-8-22)24(31-32(40)35-29-9-5-6-16-36(29)33(31)41)19-30(39)34-15-14-21-10-12-25(37)26(38)17-21/h2-13,16-18,24,37-38,40H,14-15,19-20H2,1H3,(H,34,39)/t24-/m0/s1. The van der Waals surface area contributed by atoms with E-state index in [4.69, 9.17) is 9.47 Å². The third-order valence-corrected chi connectivity index (χ3v) is 7.09. The number of hydrogen-bond acceptors (Lipinski definition) is 8. The fourth-order valence-corrected chi connectivity index (χ4v) is 4.87. The second-order valence-corrected chi connectivity index (χ2v) is 9.95. The van der Waals surface area contributed by atoms with Gasteiger partial charge >= 0.3 is 0 Å². The van der Waals surface area contributed by atoms with Crippen molar-refractivity contribution in [1.82, 2.24) is 14.7 Å². The van der Waals surface area contributed by atoms with Crippen LogP contribution >= 0.6 is 0 Å². The van der Waals surface area contributed by atoms with Gasteiger partial charge in [0, 0.05) is 25.1 Å². The molecule has 0 aliphatic heterocycles. The zero-order chi connectivity index (χ0) is 30.3. The van der Waals surface area contributed by atoms with E-state index in [0.717, 1.165) is 11.1 Å². The van der Waals surface area contributed by atoms with Crippen LogP contribution in [0.5, 0.6) is 28.9 Å². The van der Waals surface area contributed by atoms with Gasteiger partial charge in [0.25, 0.3) is 5.56 Å². The fourth-order valence-electron chi connectivity index (χ4n) is 4.87. The zero-order valence-corrected chi connectivity index (χ0v) is 23.4. The largest absolute Gasteiger partial charge is 0.504 e. The minimum Gasteiger partial charge on any atom is -0.504 e. The molecule has 0 saturated heterocycles. The highest BCUT2D eigenvalue weighted by molar-refractivity contribution is 5.78. The molecule has 43 heavy (non-hydrogen) atoms. The molecule has 220 valence electrons. The van der Waals surface area contributed by atoms with Crippen molar-refractivity contribution in [2.24, 2.45) is 0 Å². The van der Waals surface area contributed by atoms with Gasteiger partial charge in [-0.25, -0.2) is 0 Å². The van der Waals surface area contributed by atoms with Gasteiger partial charge in [-0.05, 0) is 59.5 Å². The van der Waals surface area contributed by atoms with Crippen LogP contribution in [0.2, 0.25) is 0 Å². The molecule has 2 aromatic heterocycles. The molecule has 0 aliphatic rings. The van der Waals surface area contributed by atoms with Crippen LogP contribution in [0.3, 0.4) is 0 Å². The number of pyridine rings is 1. The Morgan fingerprint density at radius 3 is 2.47 bits per heavy atom. The lowest BCUT2D eigenvalue weighted by Gasteiger charge is -2.20. The number of phenols is 2. The Balaban J connectivity index is 1.43. The van der Waals surface area contributed by atoms with Gasteiger partial charge in [-0.3, -0.25) is 14.0 Å². The number of carbonyl (C=O) groups is 1. The minimum atomic E-state index is -0.869. The van der Waals surface area contributed by atoms with Crippen LogP contribution in [-0.2, 0) is 17.8 Å². The molecule has 2 heterocycles. The summed E-state index contributed by atoms with van der Waals surface area (Å²) in [5, 5.41) is 33.1. The molecule has 0 radical (unpaired) electrons. The Bertz CT molecular complexity index is 1800. The van der Waals surface area contributed by atoms with Crippen molar-refractivity contribution in [2.45, 2.75) is 25.4 Å². The number of methoxy groups -OCH3 is 1. The Hall–Kier alpha value is -5.51. The Morgan fingerprint density at radius 1 is 0.907 bits per heavy atom. The van der Waals surface area contributed by atoms with Gasteiger partial charge < -0.3 is 30.1 Å². The quantitative estimate of drug-likeness (QED) is 0.169. The van der Waals surface area contributed by atoms with Gasteiger partial charge in [0.2, 0.25) is 11.8 Å². The van der Waals surface area contributed by atoms with Gasteiger partial charge in [-0.15, -0.1) is 0 Å². The molecule has 5 aromatic rings. The lowest BCUT2D eigenvalue weighted by Crippen LogP contribution is -2.30. The highest BCUT2D eigenvalue weighted by atomic mass is 16.5. The first kappa shape index (κ1) is 29.0. The molecule has 4 N–H and O–H groups in total. The predicted molar refractivity (Wildman–Crippen MR) is 160 cm³/mol. The number of nitrogens with zero attached hydrogens (tertiary/aromatic N) is 2. The smallest absolute Gasteiger partial charge is 0.265 e. The van der Waals surface area contributed by atoms with Gasteiger partial charge in [0.15, 0.2) is 23.0 Å². The maximum absolute atomic E-state index is 13.6. The number of carbonyl (C=O) groups excluding carboxylic acids is 1. The summed E-state index contributed by atoms with van der Waals surface area (Å²) >= 11 is 0. The van der Waals surface area contributed by atoms with E-state index in [9.17, 15) is 24.9 Å². The summed E-state index contributed by atoms with van der Waals surface area (Å²) in [6.45, 7) is 0.560. The number of benzene rings is 3. The van der Waals surface area contributed by atoms with Crippen molar-refractivity contribution in [2.75, 3.05) is 13.7 Å². The van der Waals surface area contributed by atoms with Crippen LogP contribution in [0, 0.1) is 0 Å². The normalized spacial score (nSPS) is 11.7. The first-order valence-electron chi connectivity index (χ1n) is 13.7. The van der Waals surface area contributed by atoms with Gasteiger partial charge in [0.1, 0.15) is 12.3 Å². The summed E-state index contributed by atoms with van der Waals surface area (Å²) in [4.78, 5) is 31.0. The molecule has 1 amide bonds. The van der Waals surface area contributed by atoms with E-state index in [0.29, 0.717) is 30.1 Å². The summed E-state index contributed by atoms with van der Waals surface area (Å²) < 4.78 is 12.9. The lowest BCUT2D eigenvalue weighted by molar-refractivity contribution is -0.121. The predicted octanol–water partition coefficient (Wildman–Crippen LogP) is 4.28. The lowest BCUT2D eigenvalue weighted by atomic mass is 9.88. The molecule has 10 nitrogen and oxygen atoms in total. The van der Waals surface area contributed by atoms with Crippen molar-refractivity contribution in [3.8, 4) is 28.9 Å². The molecule has 0 aliphatic carbocycles. The van der Waals surface area contributed by atoms with Crippen molar-refractivity contribution in [1.29, 1.82) is 0 Å². The topological polar surface area (TPSA) is 143 Å². The number of ether oxygens (including phenoxy) is 2. The molecule has 3 aromatic carbocycles. The third kappa shape index (κ3) is 6.70. The Kier molecular flexibility index (Phi) is 8.76. The Labute approximate surface area is 247 Å². The fraction of sp³-hybridized carbons (Fsp3) is 0.182. The molecule has 0 fully saturated rings. The van der Waals surface area contributed by atoms with Crippen LogP contribution in [0.4, 0.5) is 0 Å². The van der Waals surface area contributed by atoms with E-state index in [1.165, 1.54) is 23.6 Å². The van der Waals surface area contributed by atoms with E-state index < -0.39 is 17.4 Å². The second kappa shape index (κ2) is 13.0. The summed E-state index contributed by atoms with van der Waals surface area (Å²) in [5.41, 5.74) is 2.00. The number of rotatable bonds is 11. The third-order valence-electron chi connectivity index (χ3n) is 7.09. The molecule has 0 unspecified atom stereocenters. The van der Waals surface area contributed by atoms with E-state index >= 15 is 0 Å². The number of aromatic hydroxyl groups is 3. The van der Waals surface area contributed by atoms with Crippen LogP contribution < -0.4 is 20.3 Å². The molecule has 1 atom stereocenters. The highest BCUT2D eigenvalue weighted by Crippen LogP contribution is 2.37. The van der Waals surface area contributed by atoms with Crippen molar-refractivity contribution < 1.29 is 29.6 Å². The average Bonchev–Trinajstić information content (AvgIpc) is 3.01. The number of amides is 1. The molecule has 10 heteroatoms. The van der Waals surface area contributed by atoms with Crippen molar-refractivity contribution in [3.63, 3.8) is 0 Å². The van der Waals surface area contributed by atoms with E-state index in [1.54, 1.807) is 48.7 Å². The summed E-state index contributed by atoms with van der Waals surface area (Å²) in [6, 6.07) is 24.3. The second-order valence-electron chi connectivity index (χ2n) is 9.95. The van der Waals surface area contributed by atoms with Gasteiger partial charge in [0.05, 0.1) is 12.7 Å². The van der Waals surface area contributed by atoms with Crippen LogP contribution in [-0.4, -0.2) is 44.3 Å². The number of phenolic OH excluding ortho intramolecular Hbond substituents is 2. The molecule has 0 spiro atoms. The Morgan fingerprint density at radius 2 is 1.70 bits per heavy atom. The zero-order valence-electron chi connectivity index (χ0n) is 23.4. The van der Waals surface area contributed by atoms with Crippen LogP contribution in [0.25, 0.3) is 5.65 Å². The SMILES string of the molecule is COc1cc([C@H](CC(=O)NCCc2ccc(O)c(O)c2)c2c(O)nc3ccccn3c2=O)ccc1OCc1ccccc1. The minimum absolute atomic E-state index is 0.0256. The first-order chi connectivity index (χ1) is 20.8. The molecule has 5 rings (SSSR count). The monoisotopic (exact) mass is 581 g/mol. The summed E-state index contributed by atoms with van der Waals surface area (Å²) in [7, 11) is 1.50. The first-order valence-corrected chi connectivity index (χ1v) is 13.7. The molecular formula is C33H31N3O7. The number of fused-ring (bicyclic) bond motifs is 1. The van der Waals surface area contributed by atoms with Crippen LogP contribution in [0.1, 0.15) is 34.6 Å². The number of hydrogen-bond donors (Lipinski definition) is 4. The van der Waals surface area contributed by atoms with E-state index in [-0.39, 0.29) is 41.6 Å². The number of aromatic nitrogens is 2. The summed E-state index contributed by atoms with van der Waals surface area (Å²) in [5.74, 6) is -1.28. The van der Waals surface area contributed by atoms with Gasteiger partial charge in [-0.2, -0.15) is 4.98 Å². The van der Waals surface area contributed by atoms with Crippen molar-refractivity contribution >= 4 is 11.6 Å². The average molecular weight is 582 g/mol. The maximum Gasteiger partial charge on any atom is 0.265 e. The van der Waals surface area contributed by atoms with Crippen molar-refractivity contribution in [3.05, 3.63) is 124 Å². The molecule has 0 saturated carbocycles. The summed E-state index contributed by atoms with van der Waals surface area (Å²) in [6.07, 6.45) is 1.79. The number of nitrogens with one attached hydrogen (secondary N) is 1.